The van der Waals surface area contributed by atoms with Gasteiger partial charge in [0, 0.05) is 32.6 Å². The minimum atomic E-state index is -0.108. The van der Waals surface area contributed by atoms with Crippen LogP contribution in [0.3, 0.4) is 0 Å². The molecule has 4 nitrogen and oxygen atoms in total. The SMILES string of the molecule is CC(C)CN(CCC#N)C(C)C(=O)N1CCCCCC1. The molecule has 0 spiro atoms. The predicted molar refractivity (Wildman–Crippen MR) is 81.2 cm³/mol. The second-order valence-electron chi connectivity index (χ2n) is 6.21. The summed E-state index contributed by atoms with van der Waals surface area (Å²) in [5, 5.41) is 8.78. The first-order valence-electron chi connectivity index (χ1n) is 7.96. The zero-order valence-corrected chi connectivity index (χ0v) is 13.3. The highest BCUT2D eigenvalue weighted by molar-refractivity contribution is 5.81. The smallest absolute Gasteiger partial charge is 0.239 e. The Morgan fingerprint density at radius 2 is 1.80 bits per heavy atom. The van der Waals surface area contributed by atoms with E-state index in [1.54, 1.807) is 0 Å². The summed E-state index contributed by atoms with van der Waals surface area (Å²) in [5.41, 5.74) is 0. The topological polar surface area (TPSA) is 47.3 Å². The number of nitrogens with zero attached hydrogens (tertiary/aromatic N) is 3. The van der Waals surface area contributed by atoms with Crippen molar-refractivity contribution in [1.82, 2.24) is 9.80 Å². The van der Waals surface area contributed by atoms with Gasteiger partial charge in [0.2, 0.25) is 5.91 Å². The van der Waals surface area contributed by atoms with Gasteiger partial charge in [-0.1, -0.05) is 26.7 Å². The van der Waals surface area contributed by atoms with Crippen molar-refractivity contribution in [2.45, 2.75) is 58.9 Å². The Hall–Kier alpha value is -1.08. The Morgan fingerprint density at radius 1 is 1.20 bits per heavy atom. The first kappa shape index (κ1) is 17.0. The van der Waals surface area contributed by atoms with Gasteiger partial charge in [0.25, 0.3) is 0 Å². The molecule has 1 aliphatic rings. The molecule has 1 saturated heterocycles. The molecular formula is C16H29N3O. The molecule has 1 rings (SSSR count). The van der Waals surface area contributed by atoms with Crippen molar-refractivity contribution in [3.8, 4) is 6.07 Å². The number of likely N-dealkylation sites (tertiary alicyclic amines) is 1. The van der Waals surface area contributed by atoms with Crippen molar-refractivity contribution in [2.24, 2.45) is 5.92 Å². The third-order valence-corrected chi connectivity index (χ3v) is 3.93. The van der Waals surface area contributed by atoms with Gasteiger partial charge in [0.1, 0.15) is 0 Å². The van der Waals surface area contributed by atoms with E-state index in [0.29, 0.717) is 18.9 Å². The number of carbonyl (C=O) groups excluding carboxylic acids is 1. The van der Waals surface area contributed by atoms with Crippen LogP contribution in [-0.4, -0.2) is 47.9 Å². The van der Waals surface area contributed by atoms with Crippen LogP contribution >= 0.6 is 0 Å². The average molecular weight is 279 g/mol. The van der Waals surface area contributed by atoms with Crippen molar-refractivity contribution < 1.29 is 4.79 Å². The molecule has 1 unspecified atom stereocenters. The highest BCUT2D eigenvalue weighted by Crippen LogP contribution is 2.14. The lowest BCUT2D eigenvalue weighted by Gasteiger charge is -2.33. The van der Waals surface area contributed by atoms with Gasteiger partial charge < -0.3 is 4.90 Å². The Bertz CT molecular complexity index is 327. The van der Waals surface area contributed by atoms with Gasteiger partial charge in [0.15, 0.2) is 0 Å². The van der Waals surface area contributed by atoms with Crippen LogP contribution in [0.15, 0.2) is 0 Å². The van der Waals surface area contributed by atoms with Gasteiger partial charge >= 0.3 is 0 Å². The van der Waals surface area contributed by atoms with E-state index in [1.807, 2.05) is 11.8 Å². The summed E-state index contributed by atoms with van der Waals surface area (Å²) < 4.78 is 0. The molecule has 1 fully saturated rings. The first-order valence-corrected chi connectivity index (χ1v) is 7.96. The summed E-state index contributed by atoms with van der Waals surface area (Å²) in [6.07, 6.45) is 5.22. The van der Waals surface area contributed by atoms with Gasteiger partial charge in [-0.2, -0.15) is 5.26 Å². The van der Waals surface area contributed by atoms with Crippen molar-refractivity contribution in [2.75, 3.05) is 26.2 Å². The highest BCUT2D eigenvalue weighted by atomic mass is 16.2. The monoisotopic (exact) mass is 279 g/mol. The highest BCUT2D eigenvalue weighted by Gasteiger charge is 2.26. The van der Waals surface area contributed by atoms with Crippen molar-refractivity contribution in [3.63, 3.8) is 0 Å². The van der Waals surface area contributed by atoms with Gasteiger partial charge in [-0.3, -0.25) is 9.69 Å². The van der Waals surface area contributed by atoms with E-state index in [9.17, 15) is 4.79 Å². The van der Waals surface area contributed by atoms with E-state index in [2.05, 4.69) is 24.8 Å². The number of carbonyl (C=O) groups is 1. The zero-order valence-electron chi connectivity index (χ0n) is 13.3. The number of rotatable bonds is 6. The Kier molecular flexibility index (Phi) is 7.61. The maximum Gasteiger partial charge on any atom is 0.239 e. The Labute approximate surface area is 123 Å². The summed E-state index contributed by atoms with van der Waals surface area (Å²) in [7, 11) is 0. The molecule has 0 aromatic rings. The van der Waals surface area contributed by atoms with Crippen molar-refractivity contribution in [3.05, 3.63) is 0 Å². The molecule has 1 aliphatic heterocycles. The molecule has 0 N–H and O–H groups in total. The van der Waals surface area contributed by atoms with Crippen LogP contribution in [-0.2, 0) is 4.79 Å². The van der Waals surface area contributed by atoms with Crippen LogP contribution in [0.2, 0.25) is 0 Å². The second kappa shape index (κ2) is 8.97. The fourth-order valence-corrected chi connectivity index (χ4v) is 2.82. The van der Waals surface area contributed by atoms with Crippen molar-refractivity contribution in [1.29, 1.82) is 5.26 Å². The summed E-state index contributed by atoms with van der Waals surface area (Å²) in [6.45, 7) is 9.67. The molecule has 0 radical (unpaired) electrons. The largest absolute Gasteiger partial charge is 0.341 e. The maximum atomic E-state index is 12.6. The number of hydrogen-bond donors (Lipinski definition) is 0. The van der Waals surface area contributed by atoms with E-state index >= 15 is 0 Å². The standard InChI is InChI=1S/C16H29N3O/c1-14(2)13-19(12-8-9-17)15(3)16(20)18-10-6-4-5-7-11-18/h14-15H,4-8,10-13H2,1-3H3. The van der Waals surface area contributed by atoms with Crippen molar-refractivity contribution >= 4 is 5.91 Å². The third kappa shape index (κ3) is 5.50. The molecule has 0 aromatic carbocycles. The minimum Gasteiger partial charge on any atom is -0.341 e. The third-order valence-electron chi connectivity index (χ3n) is 3.93. The molecule has 114 valence electrons. The van der Waals surface area contributed by atoms with Gasteiger partial charge in [0.05, 0.1) is 12.1 Å². The van der Waals surface area contributed by atoms with Gasteiger partial charge in [-0.05, 0) is 25.7 Å². The van der Waals surface area contributed by atoms with Gasteiger partial charge in [-0.15, -0.1) is 0 Å². The van der Waals surface area contributed by atoms with Crippen LogP contribution in [0.5, 0.6) is 0 Å². The summed E-state index contributed by atoms with van der Waals surface area (Å²) in [4.78, 5) is 16.8. The molecule has 1 amide bonds. The normalized spacial score (nSPS) is 17.9. The fraction of sp³-hybridized carbons (Fsp3) is 0.875. The lowest BCUT2D eigenvalue weighted by molar-refractivity contribution is -0.136. The van der Waals surface area contributed by atoms with Crippen LogP contribution in [0.4, 0.5) is 0 Å². The van der Waals surface area contributed by atoms with E-state index < -0.39 is 0 Å². The second-order valence-corrected chi connectivity index (χ2v) is 6.21. The lowest BCUT2D eigenvalue weighted by Crippen LogP contribution is -2.48. The summed E-state index contributed by atoms with van der Waals surface area (Å²) in [6, 6.07) is 2.08. The summed E-state index contributed by atoms with van der Waals surface area (Å²) >= 11 is 0. The molecule has 0 aromatic heterocycles. The van der Waals surface area contributed by atoms with E-state index in [4.69, 9.17) is 5.26 Å². The zero-order chi connectivity index (χ0) is 15.0. The molecule has 0 bridgehead atoms. The lowest BCUT2D eigenvalue weighted by atomic mass is 10.1. The molecule has 0 aliphatic carbocycles. The molecular weight excluding hydrogens is 250 g/mol. The first-order chi connectivity index (χ1) is 9.56. The van der Waals surface area contributed by atoms with Crippen LogP contribution < -0.4 is 0 Å². The van der Waals surface area contributed by atoms with Gasteiger partial charge in [-0.25, -0.2) is 0 Å². The molecule has 1 atom stereocenters. The minimum absolute atomic E-state index is 0.108. The summed E-state index contributed by atoms with van der Waals surface area (Å²) in [5.74, 6) is 0.749. The quantitative estimate of drug-likeness (QED) is 0.751. The maximum absolute atomic E-state index is 12.6. The number of hydrogen-bond acceptors (Lipinski definition) is 3. The molecule has 0 saturated carbocycles. The Balaban J connectivity index is 2.63. The molecule has 1 heterocycles. The van der Waals surface area contributed by atoms with Crippen LogP contribution in [0.1, 0.15) is 52.9 Å². The number of nitriles is 1. The molecule has 4 heteroatoms. The predicted octanol–water partition coefficient (Wildman–Crippen LogP) is 2.65. The van der Waals surface area contributed by atoms with E-state index in [0.717, 1.165) is 32.5 Å². The number of amides is 1. The Morgan fingerprint density at radius 3 is 2.30 bits per heavy atom. The van der Waals surface area contributed by atoms with Crippen LogP contribution in [0.25, 0.3) is 0 Å². The van der Waals surface area contributed by atoms with Crippen LogP contribution in [0, 0.1) is 17.2 Å². The van der Waals surface area contributed by atoms with E-state index in [1.165, 1.54) is 12.8 Å². The average Bonchev–Trinajstić information content (AvgIpc) is 2.70. The molecule has 20 heavy (non-hydrogen) atoms. The van der Waals surface area contributed by atoms with E-state index in [-0.39, 0.29) is 11.9 Å². The fourth-order valence-electron chi connectivity index (χ4n) is 2.82.